The molecule has 20 heteroatoms. The summed E-state index contributed by atoms with van der Waals surface area (Å²) in [6.07, 6.45) is 0. The highest BCUT2D eigenvalue weighted by Gasteiger charge is 2.66. The third-order valence-corrected chi connectivity index (χ3v) is 14.7. The number of thioether (sulfide) groups is 2. The van der Waals surface area contributed by atoms with Crippen molar-refractivity contribution in [3.05, 3.63) is 71.8 Å². The van der Waals surface area contributed by atoms with Crippen LogP contribution in [0.15, 0.2) is 60.7 Å². The van der Waals surface area contributed by atoms with Crippen molar-refractivity contribution in [1.29, 1.82) is 0 Å². The first-order valence-electron chi connectivity index (χ1n) is 20.0. The monoisotopic (exact) mass is 876 g/mol. The molecule has 0 spiro atoms. The van der Waals surface area contributed by atoms with Crippen LogP contribution < -0.4 is 21.3 Å². The van der Waals surface area contributed by atoms with Gasteiger partial charge in [-0.1, -0.05) is 60.7 Å². The number of carbonyl (C=O) groups excluding carboxylic acids is 9. The largest absolute Gasteiger partial charge is 0.464 e. The molecule has 0 unspecified atom stereocenters. The Labute approximate surface area is 360 Å². The molecular formula is C41H48N8O10S2. The van der Waals surface area contributed by atoms with Gasteiger partial charge >= 0.3 is 23.8 Å². The van der Waals surface area contributed by atoms with E-state index in [1.165, 1.54) is 38.2 Å². The van der Waals surface area contributed by atoms with E-state index in [4.69, 9.17) is 4.74 Å². The van der Waals surface area contributed by atoms with Crippen molar-refractivity contribution in [2.45, 2.75) is 98.0 Å². The van der Waals surface area contributed by atoms with Gasteiger partial charge in [-0.2, -0.15) is 0 Å². The Morgan fingerprint density at radius 1 is 0.689 bits per heavy atom. The molecular weight excluding hydrogens is 829 g/mol. The molecule has 8 atom stereocenters. The second kappa shape index (κ2) is 16.7. The summed E-state index contributed by atoms with van der Waals surface area (Å²) in [5.74, 6) is -5.45. The molecule has 5 heterocycles. The van der Waals surface area contributed by atoms with Crippen molar-refractivity contribution >= 4 is 76.9 Å². The van der Waals surface area contributed by atoms with Gasteiger partial charge < -0.3 is 40.7 Å². The fourth-order valence-corrected chi connectivity index (χ4v) is 11.7. The van der Waals surface area contributed by atoms with E-state index in [1.54, 1.807) is 88.4 Å². The van der Waals surface area contributed by atoms with Crippen molar-refractivity contribution < 1.29 is 47.9 Å². The first-order chi connectivity index (χ1) is 28.9. The summed E-state index contributed by atoms with van der Waals surface area (Å²) in [5, 5.41) is 9.69. The second-order valence-corrected chi connectivity index (χ2v) is 19.8. The van der Waals surface area contributed by atoms with Crippen molar-refractivity contribution in [2.24, 2.45) is 0 Å². The summed E-state index contributed by atoms with van der Waals surface area (Å²) in [4.78, 5) is 126. The number of nitrogens with zero attached hydrogens (tertiary/aromatic N) is 4. The topological polar surface area (TPSA) is 224 Å². The first-order valence-corrected chi connectivity index (χ1v) is 21.8. The van der Waals surface area contributed by atoms with Crippen LogP contribution in [0.4, 0.5) is 4.79 Å². The number of imide groups is 1. The number of likely N-dealkylation sites (N-methyl/N-ethyl adjacent to an activating group) is 1. The standard InChI is InChI=1S/C41H48N8O10S2/c1-7-46-19-20-47(35(56)34(46)55)39(58)45-24(22-17-13-10-14-18-22)30(51)44-25-32(53)48-27(40(3,4)60-36(25)48)31(52)42-23(21-15-11-9-12-16-21)29(50)43-26-33(54)49-28(38(57)59-8-2)41(5,6)61-37(26)49/h9-18,23-28,36-37H,7-8,19-20H2,1-6H3,(H,42,52)(H,43,50)(H,44,51)(H,45,58)/t23-,24-,25-,26-,27+,28+,36-,37-/m1/s1. The van der Waals surface area contributed by atoms with E-state index in [9.17, 15) is 43.2 Å². The quantitative estimate of drug-likeness (QED) is 0.131. The lowest BCUT2D eigenvalue weighted by Gasteiger charge is -2.45. The van der Waals surface area contributed by atoms with Gasteiger partial charge in [0.15, 0.2) is 0 Å². The van der Waals surface area contributed by atoms with Crippen LogP contribution in [-0.2, 0) is 43.1 Å². The zero-order valence-electron chi connectivity index (χ0n) is 34.4. The number of rotatable bonds is 12. The number of β-lactam (4-membered cyclic amide) rings is 2. The predicted octanol–water partition coefficient (Wildman–Crippen LogP) is 0.643. The van der Waals surface area contributed by atoms with Gasteiger partial charge in [0.05, 0.1) is 6.61 Å². The molecule has 5 aliphatic rings. The maximum Gasteiger partial charge on any atom is 0.330 e. The lowest BCUT2D eigenvalue weighted by atomic mass is 9.93. The number of nitrogens with one attached hydrogen (secondary N) is 4. The lowest BCUT2D eigenvalue weighted by Crippen LogP contribution is -2.72. The lowest BCUT2D eigenvalue weighted by molar-refractivity contribution is -0.164. The number of hydrogen-bond acceptors (Lipinski definition) is 12. The molecule has 18 nitrogen and oxygen atoms in total. The smallest absolute Gasteiger partial charge is 0.330 e. The highest BCUT2D eigenvalue weighted by molar-refractivity contribution is 8.02. The molecule has 2 aromatic carbocycles. The summed E-state index contributed by atoms with van der Waals surface area (Å²) in [6.45, 7) is 11.1. The van der Waals surface area contributed by atoms with Crippen LogP contribution in [-0.4, -0.2) is 144 Å². The molecule has 0 aromatic heterocycles. The zero-order chi connectivity index (χ0) is 44.1. The van der Waals surface area contributed by atoms with Gasteiger partial charge in [-0.3, -0.25) is 38.5 Å². The van der Waals surface area contributed by atoms with Gasteiger partial charge in [-0.15, -0.1) is 23.5 Å². The molecule has 5 saturated heterocycles. The van der Waals surface area contributed by atoms with Gasteiger partial charge in [0.1, 0.15) is 47.0 Å². The molecule has 4 N–H and O–H groups in total. The molecule has 2 aromatic rings. The summed E-state index contributed by atoms with van der Waals surface area (Å²) < 4.78 is 3.64. The number of amides is 9. The van der Waals surface area contributed by atoms with Gasteiger partial charge in [0, 0.05) is 29.1 Å². The Morgan fingerprint density at radius 3 is 1.66 bits per heavy atom. The number of urea groups is 1. The van der Waals surface area contributed by atoms with E-state index < -0.39 is 110 Å². The number of hydrogen-bond donors (Lipinski definition) is 4. The zero-order valence-corrected chi connectivity index (χ0v) is 36.0. The highest BCUT2D eigenvalue weighted by Crippen LogP contribution is 2.52. The van der Waals surface area contributed by atoms with E-state index in [0.717, 1.165) is 4.90 Å². The summed E-state index contributed by atoms with van der Waals surface area (Å²) >= 11 is 2.66. The van der Waals surface area contributed by atoms with E-state index >= 15 is 0 Å². The highest BCUT2D eigenvalue weighted by atomic mass is 32.2. The molecule has 0 bridgehead atoms. The van der Waals surface area contributed by atoms with Crippen LogP contribution in [0, 0.1) is 0 Å². The maximum atomic E-state index is 14.3. The Bertz CT molecular complexity index is 2160. The van der Waals surface area contributed by atoms with Crippen LogP contribution in [0.25, 0.3) is 0 Å². The van der Waals surface area contributed by atoms with E-state index in [0.29, 0.717) is 17.7 Å². The molecule has 324 valence electrons. The molecule has 61 heavy (non-hydrogen) atoms. The van der Waals surface area contributed by atoms with Crippen molar-refractivity contribution in [3.63, 3.8) is 0 Å². The van der Waals surface area contributed by atoms with Crippen LogP contribution in [0.1, 0.15) is 64.8 Å². The maximum absolute atomic E-state index is 14.3. The number of benzene rings is 2. The third kappa shape index (κ3) is 7.79. The Kier molecular flexibility index (Phi) is 11.9. The fraction of sp³-hybridized carbons (Fsp3) is 0.488. The molecule has 7 rings (SSSR count). The molecule has 9 amide bonds. The number of ether oxygens (including phenoxy) is 1. The van der Waals surface area contributed by atoms with Crippen molar-refractivity contribution in [2.75, 3.05) is 26.2 Å². The van der Waals surface area contributed by atoms with Crippen molar-refractivity contribution in [3.8, 4) is 0 Å². The molecule has 0 aliphatic carbocycles. The predicted molar refractivity (Wildman–Crippen MR) is 222 cm³/mol. The Balaban J connectivity index is 1.04. The number of esters is 1. The second-order valence-electron chi connectivity index (χ2n) is 16.2. The van der Waals surface area contributed by atoms with E-state index in [2.05, 4.69) is 21.3 Å². The summed E-state index contributed by atoms with van der Waals surface area (Å²) in [7, 11) is 0. The number of carbonyl (C=O) groups is 9. The van der Waals surface area contributed by atoms with Crippen LogP contribution in [0.3, 0.4) is 0 Å². The van der Waals surface area contributed by atoms with Gasteiger partial charge in [-0.25, -0.2) is 9.59 Å². The molecule has 0 saturated carbocycles. The van der Waals surface area contributed by atoms with Gasteiger partial charge in [0.2, 0.25) is 29.5 Å². The average Bonchev–Trinajstić information content (AvgIpc) is 3.65. The van der Waals surface area contributed by atoms with Crippen LogP contribution >= 0.6 is 23.5 Å². The minimum absolute atomic E-state index is 0.0692. The first kappa shape index (κ1) is 43.5. The Morgan fingerprint density at radius 2 is 1.16 bits per heavy atom. The summed E-state index contributed by atoms with van der Waals surface area (Å²) in [5.41, 5.74) is 0.781. The third-order valence-electron chi connectivity index (χ3n) is 11.5. The minimum atomic E-state index is -1.36. The molecule has 5 aliphatic heterocycles. The SMILES string of the molecule is CCOC(=O)[C@@H]1N2C(=O)[C@@H](NC(=O)[C@H](NC(=O)[C@@H]3N4C(=O)[C@@H](NC(=O)[C@H](NC(=O)N5CCN(CC)C(=O)C5=O)c5ccccc5)[C@H]4SC3(C)C)c3ccccc3)[C@H]2SC1(C)C. The van der Waals surface area contributed by atoms with Crippen LogP contribution in [0.2, 0.25) is 0 Å². The van der Waals surface area contributed by atoms with E-state index in [-0.39, 0.29) is 19.7 Å². The fourth-order valence-electron chi connectivity index (χ4n) is 8.48. The average molecular weight is 877 g/mol. The van der Waals surface area contributed by atoms with E-state index in [1.807, 2.05) is 13.8 Å². The normalized spacial score (nSPS) is 26.9. The summed E-state index contributed by atoms with van der Waals surface area (Å²) in [6, 6.07) is 9.10. The number of fused-ring (bicyclic) bond motifs is 2. The van der Waals surface area contributed by atoms with Crippen molar-refractivity contribution in [1.82, 2.24) is 40.9 Å². The van der Waals surface area contributed by atoms with Crippen LogP contribution in [0.5, 0.6) is 0 Å². The molecule has 5 fully saturated rings. The minimum Gasteiger partial charge on any atom is -0.464 e. The van der Waals surface area contributed by atoms with Gasteiger partial charge in [0.25, 0.3) is 0 Å². The Hall–Kier alpha value is -5.63. The van der Waals surface area contributed by atoms with Gasteiger partial charge in [-0.05, 0) is 52.7 Å². The molecule has 0 radical (unpaired) electrons. The number of piperazine rings is 1.